The zero-order chi connectivity index (χ0) is 10.8. The maximum atomic E-state index is 12.1. The van der Waals surface area contributed by atoms with Crippen molar-refractivity contribution < 1.29 is 4.79 Å². The minimum absolute atomic E-state index is 0.104. The van der Waals surface area contributed by atoms with Crippen molar-refractivity contribution in [2.24, 2.45) is 7.05 Å². The Labute approximate surface area is 97.5 Å². The number of carbonyl (C=O) groups is 1. The fourth-order valence-corrected chi connectivity index (χ4v) is 2.25. The molecule has 0 fully saturated rings. The highest BCUT2D eigenvalue weighted by atomic mass is 79.9. The van der Waals surface area contributed by atoms with Crippen LogP contribution < -0.4 is 0 Å². The Kier molecular flexibility index (Phi) is 2.95. The highest BCUT2D eigenvalue weighted by molar-refractivity contribution is 9.10. The SMILES string of the molecule is Cn1cc(Br)cc1C(=O)N1CC=CCC1. The molecule has 0 aliphatic carbocycles. The third-order valence-corrected chi connectivity index (χ3v) is 2.97. The summed E-state index contributed by atoms with van der Waals surface area (Å²) in [6.07, 6.45) is 7.01. The molecule has 15 heavy (non-hydrogen) atoms. The number of amides is 1. The summed E-state index contributed by atoms with van der Waals surface area (Å²) in [5.74, 6) is 0.104. The van der Waals surface area contributed by atoms with Crippen molar-refractivity contribution in [3.8, 4) is 0 Å². The van der Waals surface area contributed by atoms with Crippen LogP contribution in [0.15, 0.2) is 28.9 Å². The van der Waals surface area contributed by atoms with Gasteiger partial charge in [-0.25, -0.2) is 0 Å². The first-order valence-electron chi connectivity index (χ1n) is 4.94. The number of nitrogens with zero attached hydrogens (tertiary/aromatic N) is 2. The van der Waals surface area contributed by atoms with E-state index in [4.69, 9.17) is 0 Å². The fourth-order valence-electron chi connectivity index (χ4n) is 1.72. The molecular formula is C11H13BrN2O. The lowest BCUT2D eigenvalue weighted by molar-refractivity contribution is 0.0761. The van der Waals surface area contributed by atoms with Gasteiger partial charge in [0.05, 0.1) is 0 Å². The van der Waals surface area contributed by atoms with Gasteiger partial charge in [-0.2, -0.15) is 0 Å². The minimum atomic E-state index is 0.104. The average molecular weight is 269 g/mol. The molecule has 0 atom stereocenters. The van der Waals surface area contributed by atoms with E-state index in [9.17, 15) is 4.79 Å². The first-order valence-corrected chi connectivity index (χ1v) is 5.74. The molecule has 0 unspecified atom stereocenters. The van der Waals surface area contributed by atoms with Gasteiger partial charge in [0.1, 0.15) is 5.69 Å². The number of hydrogen-bond acceptors (Lipinski definition) is 1. The van der Waals surface area contributed by atoms with Crippen molar-refractivity contribution in [2.45, 2.75) is 6.42 Å². The second-order valence-electron chi connectivity index (χ2n) is 3.67. The number of halogens is 1. The summed E-state index contributed by atoms with van der Waals surface area (Å²) in [6, 6.07) is 1.86. The second-order valence-corrected chi connectivity index (χ2v) is 4.58. The third-order valence-electron chi connectivity index (χ3n) is 2.54. The van der Waals surface area contributed by atoms with Crippen LogP contribution in [0, 0.1) is 0 Å². The molecule has 0 N–H and O–H groups in total. The topological polar surface area (TPSA) is 25.2 Å². The van der Waals surface area contributed by atoms with Crippen LogP contribution in [0.5, 0.6) is 0 Å². The Balaban J connectivity index is 2.20. The van der Waals surface area contributed by atoms with E-state index in [-0.39, 0.29) is 5.91 Å². The average Bonchev–Trinajstić information content (AvgIpc) is 2.58. The van der Waals surface area contributed by atoms with Gasteiger partial charge >= 0.3 is 0 Å². The standard InChI is InChI=1S/C11H13BrN2O/c1-13-8-9(12)7-10(13)11(15)14-5-3-2-4-6-14/h2-3,7-8H,4-6H2,1H3. The smallest absolute Gasteiger partial charge is 0.270 e. The van der Waals surface area contributed by atoms with Crippen LogP contribution in [0.2, 0.25) is 0 Å². The zero-order valence-electron chi connectivity index (χ0n) is 8.61. The van der Waals surface area contributed by atoms with Crippen LogP contribution >= 0.6 is 15.9 Å². The summed E-state index contributed by atoms with van der Waals surface area (Å²) in [7, 11) is 1.89. The number of rotatable bonds is 1. The lowest BCUT2D eigenvalue weighted by atomic mass is 10.2. The van der Waals surface area contributed by atoms with Crippen LogP contribution in [0.4, 0.5) is 0 Å². The van der Waals surface area contributed by atoms with Gasteiger partial charge in [0.25, 0.3) is 5.91 Å². The quantitative estimate of drug-likeness (QED) is 0.717. The number of aromatic nitrogens is 1. The van der Waals surface area contributed by atoms with Gasteiger partial charge in [-0.1, -0.05) is 12.2 Å². The molecule has 4 heteroatoms. The Morgan fingerprint density at radius 3 is 2.80 bits per heavy atom. The molecule has 0 saturated heterocycles. The largest absolute Gasteiger partial charge is 0.345 e. The van der Waals surface area contributed by atoms with E-state index in [1.165, 1.54) is 0 Å². The van der Waals surface area contributed by atoms with Gasteiger partial charge in [0, 0.05) is 30.8 Å². The molecule has 0 bridgehead atoms. The van der Waals surface area contributed by atoms with Crippen molar-refractivity contribution in [3.05, 3.63) is 34.6 Å². The zero-order valence-corrected chi connectivity index (χ0v) is 10.2. The van der Waals surface area contributed by atoms with E-state index < -0.39 is 0 Å². The van der Waals surface area contributed by atoms with E-state index in [2.05, 4.69) is 22.0 Å². The van der Waals surface area contributed by atoms with Gasteiger partial charge in [-0.15, -0.1) is 0 Å². The van der Waals surface area contributed by atoms with Gasteiger partial charge in [0.15, 0.2) is 0 Å². The molecule has 2 rings (SSSR count). The molecule has 0 aromatic carbocycles. The van der Waals surface area contributed by atoms with Gasteiger partial charge in [0.2, 0.25) is 0 Å². The lowest BCUT2D eigenvalue weighted by Gasteiger charge is -2.23. The van der Waals surface area contributed by atoms with Crippen LogP contribution in [0.1, 0.15) is 16.9 Å². The Hall–Kier alpha value is -1.03. The van der Waals surface area contributed by atoms with E-state index in [0.29, 0.717) is 0 Å². The fraction of sp³-hybridized carbons (Fsp3) is 0.364. The molecule has 80 valence electrons. The van der Waals surface area contributed by atoms with Crippen molar-refractivity contribution in [2.75, 3.05) is 13.1 Å². The first kappa shape index (κ1) is 10.5. The molecule has 1 aliphatic rings. The summed E-state index contributed by atoms with van der Waals surface area (Å²) in [4.78, 5) is 13.9. The van der Waals surface area contributed by atoms with Gasteiger partial charge in [-0.05, 0) is 28.4 Å². The van der Waals surface area contributed by atoms with E-state index >= 15 is 0 Å². The van der Waals surface area contributed by atoms with E-state index in [0.717, 1.165) is 29.7 Å². The highest BCUT2D eigenvalue weighted by Crippen LogP contribution is 2.16. The van der Waals surface area contributed by atoms with Crippen LogP contribution in [-0.4, -0.2) is 28.5 Å². The Bertz CT molecular complexity index is 409. The third kappa shape index (κ3) is 2.15. The number of carbonyl (C=O) groups excluding carboxylic acids is 1. The van der Waals surface area contributed by atoms with Gasteiger partial charge < -0.3 is 9.47 Å². The first-order chi connectivity index (χ1) is 7.18. The molecule has 0 spiro atoms. The maximum Gasteiger partial charge on any atom is 0.270 e. The molecule has 1 aromatic heterocycles. The predicted octanol–water partition coefficient (Wildman–Crippen LogP) is 2.19. The van der Waals surface area contributed by atoms with Crippen LogP contribution in [0.25, 0.3) is 0 Å². The maximum absolute atomic E-state index is 12.1. The van der Waals surface area contributed by atoms with E-state index in [1.54, 1.807) is 0 Å². The molecule has 1 amide bonds. The molecule has 1 aromatic rings. The van der Waals surface area contributed by atoms with Crippen LogP contribution in [0.3, 0.4) is 0 Å². The Morgan fingerprint density at radius 1 is 1.47 bits per heavy atom. The minimum Gasteiger partial charge on any atom is -0.345 e. The van der Waals surface area contributed by atoms with Crippen LogP contribution in [-0.2, 0) is 7.05 Å². The summed E-state index contributed by atoms with van der Waals surface area (Å²) in [5, 5.41) is 0. The molecule has 3 nitrogen and oxygen atoms in total. The molecule has 1 aliphatic heterocycles. The lowest BCUT2D eigenvalue weighted by Crippen LogP contribution is -2.34. The highest BCUT2D eigenvalue weighted by Gasteiger charge is 2.18. The van der Waals surface area contributed by atoms with Crippen molar-refractivity contribution in [3.63, 3.8) is 0 Å². The molecule has 0 saturated carbocycles. The second kappa shape index (κ2) is 4.23. The van der Waals surface area contributed by atoms with Crippen molar-refractivity contribution in [1.82, 2.24) is 9.47 Å². The monoisotopic (exact) mass is 268 g/mol. The summed E-state index contributed by atoms with van der Waals surface area (Å²) >= 11 is 3.37. The van der Waals surface area contributed by atoms with Crippen molar-refractivity contribution >= 4 is 21.8 Å². The number of hydrogen-bond donors (Lipinski definition) is 0. The van der Waals surface area contributed by atoms with E-state index in [1.807, 2.05) is 34.9 Å². The molecule has 0 radical (unpaired) electrons. The summed E-state index contributed by atoms with van der Waals surface area (Å²) in [5.41, 5.74) is 0.733. The molecular weight excluding hydrogens is 256 g/mol. The van der Waals surface area contributed by atoms with Gasteiger partial charge in [-0.3, -0.25) is 4.79 Å². The Morgan fingerprint density at radius 2 is 2.27 bits per heavy atom. The predicted molar refractivity (Wildman–Crippen MR) is 62.8 cm³/mol. The summed E-state index contributed by atoms with van der Waals surface area (Å²) < 4.78 is 2.80. The number of aryl methyl sites for hydroxylation is 1. The van der Waals surface area contributed by atoms with Crippen molar-refractivity contribution in [1.29, 1.82) is 0 Å². The normalized spacial score (nSPS) is 15.7. The summed E-state index contributed by atoms with van der Waals surface area (Å²) in [6.45, 7) is 1.54. The molecule has 2 heterocycles.